The van der Waals surface area contributed by atoms with E-state index in [0.29, 0.717) is 6.42 Å². The minimum Gasteiger partial charge on any atom is -0.446 e. The number of carbonyl (C=O) groups excluding carboxylic acids is 3. The van der Waals surface area contributed by atoms with E-state index in [1.807, 2.05) is 0 Å². The lowest BCUT2D eigenvalue weighted by molar-refractivity contribution is -0.143. The van der Waals surface area contributed by atoms with Gasteiger partial charge in [-0.15, -0.1) is 0 Å². The minimum atomic E-state index is -5.18. The van der Waals surface area contributed by atoms with Crippen molar-refractivity contribution in [2.24, 2.45) is 0 Å². The van der Waals surface area contributed by atoms with Crippen molar-refractivity contribution in [1.29, 1.82) is 0 Å². The van der Waals surface area contributed by atoms with Crippen molar-refractivity contribution in [2.75, 3.05) is 0 Å². The Hall–Kier alpha value is -2.99. The lowest BCUT2D eigenvalue weighted by Gasteiger charge is -2.25. The summed E-state index contributed by atoms with van der Waals surface area (Å²) in [7, 11) is 0. The number of carbonyl (C=O) groups is 3. The lowest BCUT2D eigenvalue weighted by Crippen LogP contribution is -2.50. The maximum absolute atomic E-state index is 13.2. The van der Waals surface area contributed by atoms with E-state index in [1.54, 1.807) is 48.5 Å². The van der Waals surface area contributed by atoms with Gasteiger partial charge in [0.15, 0.2) is 0 Å². The second-order valence-electron chi connectivity index (χ2n) is 10.7. The largest absolute Gasteiger partial charge is 0.446 e. The average Bonchev–Trinajstić information content (AvgIpc) is 3.41. The molecule has 7 nitrogen and oxygen atoms in total. The number of esters is 1. The molecule has 1 aromatic carbocycles. The van der Waals surface area contributed by atoms with Crippen molar-refractivity contribution in [3.8, 4) is 0 Å². The van der Waals surface area contributed by atoms with Gasteiger partial charge in [0.25, 0.3) is 5.91 Å². The quantitative estimate of drug-likeness (QED) is 0.300. The normalized spacial score (nSPS) is 19.2. The molecule has 0 radical (unpaired) electrons. The number of hydrogen-bond acceptors (Lipinski definition) is 5. The minimum absolute atomic E-state index is 0.126. The number of rotatable bonds is 5. The first-order valence-electron chi connectivity index (χ1n) is 11.4. The van der Waals surface area contributed by atoms with Gasteiger partial charge < -0.3 is 14.8 Å². The van der Waals surface area contributed by atoms with Gasteiger partial charge in [0.1, 0.15) is 11.6 Å². The Balaban J connectivity index is 2.47. The zero-order valence-corrected chi connectivity index (χ0v) is 21.4. The molecule has 3 atom stereocenters. The van der Waals surface area contributed by atoms with Crippen LogP contribution < -0.4 is 5.32 Å². The van der Waals surface area contributed by atoms with Gasteiger partial charge >= 0.3 is 24.4 Å². The van der Waals surface area contributed by atoms with E-state index in [9.17, 15) is 40.7 Å². The molecule has 1 aliphatic heterocycles. The third kappa shape index (κ3) is 8.00. The van der Waals surface area contributed by atoms with Crippen LogP contribution in [0.25, 0.3) is 0 Å². The van der Waals surface area contributed by atoms with Crippen molar-refractivity contribution in [3.05, 3.63) is 34.9 Å². The third-order valence-electron chi connectivity index (χ3n) is 5.13. The van der Waals surface area contributed by atoms with Gasteiger partial charge in [-0.1, -0.05) is 6.92 Å². The summed E-state index contributed by atoms with van der Waals surface area (Å²) in [5.74, 6) is -2.46. The predicted molar refractivity (Wildman–Crippen MR) is 119 cm³/mol. The fraction of sp³-hybridized carbons (Fsp3) is 0.625. The van der Waals surface area contributed by atoms with Crippen molar-refractivity contribution in [3.63, 3.8) is 0 Å². The summed E-state index contributed by atoms with van der Waals surface area (Å²) >= 11 is 0. The van der Waals surface area contributed by atoms with Crippen molar-refractivity contribution < 1.29 is 50.2 Å². The molecule has 1 saturated heterocycles. The molecule has 1 aliphatic rings. The zero-order valence-electron chi connectivity index (χ0n) is 21.4. The van der Waals surface area contributed by atoms with Crippen LogP contribution >= 0.6 is 0 Å². The van der Waals surface area contributed by atoms with Gasteiger partial charge in [0.2, 0.25) is 6.10 Å². The van der Waals surface area contributed by atoms with Crippen molar-refractivity contribution in [1.82, 2.24) is 10.2 Å². The van der Waals surface area contributed by atoms with E-state index in [4.69, 9.17) is 9.47 Å². The van der Waals surface area contributed by atoms with Gasteiger partial charge in [0.05, 0.1) is 22.7 Å². The fourth-order valence-corrected chi connectivity index (χ4v) is 3.63. The molecule has 208 valence electrons. The Kier molecular flexibility index (Phi) is 8.21. The van der Waals surface area contributed by atoms with Gasteiger partial charge in [-0.3, -0.25) is 9.69 Å². The lowest BCUT2D eigenvalue weighted by atomic mass is 10.0. The number of ether oxygens (including phenoxy) is 2. The molecule has 2 rings (SSSR count). The van der Waals surface area contributed by atoms with E-state index in [-0.39, 0.29) is 18.2 Å². The molecule has 0 unspecified atom stereocenters. The van der Waals surface area contributed by atoms with Gasteiger partial charge in [-0.05, 0) is 66.2 Å². The summed E-state index contributed by atoms with van der Waals surface area (Å²) in [6, 6.07) is -1.36. The van der Waals surface area contributed by atoms with E-state index in [0.717, 1.165) is 4.90 Å². The van der Waals surface area contributed by atoms with Crippen LogP contribution in [0, 0.1) is 0 Å². The van der Waals surface area contributed by atoms with Crippen molar-refractivity contribution >= 4 is 18.0 Å². The molecule has 0 aromatic heterocycles. The first kappa shape index (κ1) is 30.2. The molecule has 0 aliphatic carbocycles. The maximum Gasteiger partial charge on any atom is 0.416 e. The number of hydrogen-bond donors (Lipinski definition) is 1. The standard InChI is InChI=1S/C24H30F6N2O5/c1-8-15-16(32(15)20(35)37-22(5,6)7)17(18(33)31-21(2,3)4)36-19(34)12-9-13(23(25,26)27)11-14(10-12)24(28,29)30/h9-11,15-17H,8H2,1-7H3,(H,31,33)/t15-,16+,17+,32?/m1/s1. The summed E-state index contributed by atoms with van der Waals surface area (Å²) in [5.41, 5.74) is -6.20. The first-order chi connectivity index (χ1) is 16.5. The van der Waals surface area contributed by atoms with E-state index < -0.39 is 76.3 Å². The molecule has 0 spiro atoms. The van der Waals surface area contributed by atoms with Crippen molar-refractivity contribution in [2.45, 2.75) is 96.6 Å². The second kappa shape index (κ2) is 10.1. The number of nitrogens with zero attached hydrogens (tertiary/aromatic N) is 1. The number of amides is 2. The summed E-state index contributed by atoms with van der Waals surface area (Å²) in [6.07, 6.45) is -12.6. The van der Waals surface area contributed by atoms with Crippen LogP contribution in [0.15, 0.2) is 18.2 Å². The molecule has 1 fully saturated rings. The van der Waals surface area contributed by atoms with Crippen LogP contribution in [0.4, 0.5) is 31.1 Å². The Bertz CT molecular complexity index is 1010. The first-order valence-corrected chi connectivity index (χ1v) is 11.4. The van der Waals surface area contributed by atoms with Gasteiger partial charge in [0, 0.05) is 5.54 Å². The molecule has 37 heavy (non-hydrogen) atoms. The topological polar surface area (TPSA) is 84.7 Å². The summed E-state index contributed by atoms with van der Waals surface area (Å²) in [6.45, 7) is 11.4. The Morgan fingerprint density at radius 3 is 1.78 bits per heavy atom. The molecule has 1 N–H and O–H groups in total. The molecule has 0 bridgehead atoms. The average molecular weight is 541 g/mol. The molecule has 1 aromatic rings. The van der Waals surface area contributed by atoms with E-state index >= 15 is 0 Å². The van der Waals surface area contributed by atoms with Gasteiger partial charge in [-0.2, -0.15) is 26.3 Å². The highest BCUT2D eigenvalue weighted by molar-refractivity contribution is 5.94. The van der Waals surface area contributed by atoms with Crippen LogP contribution in [0.2, 0.25) is 0 Å². The van der Waals surface area contributed by atoms with Crippen LogP contribution in [-0.2, 0) is 26.6 Å². The van der Waals surface area contributed by atoms with Gasteiger partial charge in [-0.25, -0.2) is 9.59 Å². The number of nitrogens with one attached hydrogen (secondary N) is 1. The predicted octanol–water partition coefficient (Wildman–Crippen LogP) is 5.56. The van der Waals surface area contributed by atoms with Crippen LogP contribution in [0.1, 0.15) is 76.4 Å². The van der Waals surface area contributed by atoms with Crippen LogP contribution in [-0.4, -0.2) is 52.2 Å². The molecule has 1 heterocycles. The van der Waals surface area contributed by atoms with E-state index in [2.05, 4.69) is 5.32 Å². The molecular formula is C24H30F6N2O5. The zero-order chi connectivity index (χ0) is 28.7. The second-order valence-corrected chi connectivity index (χ2v) is 10.7. The Morgan fingerprint density at radius 1 is 0.919 bits per heavy atom. The van der Waals surface area contributed by atoms with Crippen LogP contribution in [0.3, 0.4) is 0 Å². The molecule has 2 amide bonds. The van der Waals surface area contributed by atoms with Crippen LogP contribution in [0.5, 0.6) is 0 Å². The third-order valence-corrected chi connectivity index (χ3v) is 5.13. The molecule has 13 heteroatoms. The SMILES string of the molecule is CC[C@@H]1[C@@H]([C@H](OC(=O)c2cc(C(F)(F)F)cc(C(F)(F)F)c2)C(=O)NC(C)(C)C)N1C(=O)OC(C)(C)C. The number of alkyl halides is 6. The number of benzene rings is 1. The molecule has 0 saturated carbocycles. The summed E-state index contributed by atoms with van der Waals surface area (Å²) in [4.78, 5) is 39.7. The number of halogens is 6. The highest BCUT2D eigenvalue weighted by atomic mass is 19.4. The summed E-state index contributed by atoms with van der Waals surface area (Å²) in [5, 5.41) is 2.57. The van der Waals surface area contributed by atoms with E-state index in [1.165, 1.54) is 0 Å². The summed E-state index contributed by atoms with van der Waals surface area (Å²) < 4.78 is 90.0. The molecular weight excluding hydrogens is 510 g/mol. The highest BCUT2D eigenvalue weighted by Gasteiger charge is 2.59. The fourth-order valence-electron chi connectivity index (χ4n) is 3.63. The highest BCUT2D eigenvalue weighted by Crippen LogP contribution is 2.39. The maximum atomic E-state index is 13.2. The Labute approximate surface area is 210 Å². The Morgan fingerprint density at radius 2 is 1.41 bits per heavy atom. The monoisotopic (exact) mass is 540 g/mol. The smallest absolute Gasteiger partial charge is 0.416 e.